The average molecular weight is 420 g/mol. The molecule has 30 heavy (non-hydrogen) atoms. The van der Waals surface area contributed by atoms with Gasteiger partial charge < -0.3 is 10.1 Å². The topological polar surface area (TPSA) is 55.4 Å². The summed E-state index contributed by atoms with van der Waals surface area (Å²) in [5, 5.41) is 3.57. The molecule has 1 atom stereocenters. The second-order valence-electron chi connectivity index (χ2n) is 7.61. The zero-order valence-corrected chi connectivity index (χ0v) is 18.1. The van der Waals surface area contributed by atoms with Crippen molar-refractivity contribution in [1.29, 1.82) is 0 Å². The van der Waals surface area contributed by atoms with Crippen LogP contribution in [-0.2, 0) is 17.6 Å². The molecule has 1 aliphatic rings. The molecule has 0 saturated heterocycles. The minimum absolute atomic E-state index is 0.217. The van der Waals surface area contributed by atoms with Gasteiger partial charge in [-0.2, -0.15) is 0 Å². The molecule has 154 valence electrons. The summed E-state index contributed by atoms with van der Waals surface area (Å²) in [5.41, 5.74) is 4.30. The van der Waals surface area contributed by atoms with Crippen LogP contribution in [0.2, 0.25) is 0 Å². The van der Waals surface area contributed by atoms with Crippen molar-refractivity contribution in [3.63, 3.8) is 0 Å². The second-order valence-corrected chi connectivity index (χ2v) is 8.72. The van der Waals surface area contributed by atoms with Crippen molar-refractivity contribution in [2.75, 3.05) is 12.4 Å². The Morgan fingerprint density at radius 1 is 1.07 bits per heavy atom. The second kappa shape index (κ2) is 8.84. The van der Waals surface area contributed by atoms with E-state index in [2.05, 4.69) is 12.2 Å². The highest BCUT2D eigenvalue weighted by molar-refractivity contribution is 7.17. The fourth-order valence-electron chi connectivity index (χ4n) is 4.03. The summed E-state index contributed by atoms with van der Waals surface area (Å²) in [6.07, 6.45) is 4.01. The molecule has 0 fully saturated rings. The van der Waals surface area contributed by atoms with Crippen molar-refractivity contribution in [3.8, 4) is 11.1 Å². The van der Waals surface area contributed by atoms with Gasteiger partial charge in [0, 0.05) is 10.4 Å². The van der Waals surface area contributed by atoms with E-state index in [0.717, 1.165) is 42.4 Å². The fourth-order valence-corrected chi connectivity index (χ4v) is 5.37. The molecular weight excluding hydrogens is 394 g/mol. The summed E-state index contributed by atoms with van der Waals surface area (Å²) in [7, 11) is 1.39. The zero-order valence-electron chi connectivity index (χ0n) is 17.2. The highest BCUT2D eigenvalue weighted by Gasteiger charge is 2.29. The van der Waals surface area contributed by atoms with Gasteiger partial charge in [-0.15, -0.1) is 11.3 Å². The third-order valence-electron chi connectivity index (χ3n) is 5.82. The predicted molar refractivity (Wildman–Crippen MR) is 121 cm³/mol. The van der Waals surface area contributed by atoms with E-state index >= 15 is 0 Å². The molecule has 1 aromatic heterocycles. The molecule has 0 unspecified atom stereocenters. The summed E-state index contributed by atoms with van der Waals surface area (Å²) in [6, 6.07) is 17.6. The van der Waals surface area contributed by atoms with Crippen LogP contribution in [0.1, 0.15) is 50.9 Å². The van der Waals surface area contributed by atoms with Crippen LogP contribution >= 0.6 is 11.3 Å². The first-order valence-corrected chi connectivity index (χ1v) is 11.1. The number of thiophene rings is 1. The number of rotatable bonds is 5. The van der Waals surface area contributed by atoms with Crippen molar-refractivity contribution >= 4 is 28.2 Å². The Morgan fingerprint density at radius 2 is 1.77 bits per heavy atom. The number of benzene rings is 2. The lowest BCUT2D eigenvalue weighted by molar-refractivity contribution is 0.0601. The highest BCUT2D eigenvalue weighted by atomic mass is 32.1. The fraction of sp³-hybridized carbons (Fsp3) is 0.280. The molecule has 1 amide bonds. The summed E-state index contributed by atoms with van der Waals surface area (Å²) >= 11 is 1.52. The molecule has 0 saturated carbocycles. The van der Waals surface area contributed by atoms with Crippen LogP contribution in [-0.4, -0.2) is 19.0 Å². The van der Waals surface area contributed by atoms with Gasteiger partial charge in [-0.1, -0.05) is 55.8 Å². The molecule has 0 bridgehead atoms. The predicted octanol–water partition coefficient (Wildman–Crippen LogP) is 5.97. The van der Waals surface area contributed by atoms with Gasteiger partial charge >= 0.3 is 5.97 Å². The van der Waals surface area contributed by atoms with Crippen molar-refractivity contribution in [2.24, 2.45) is 5.92 Å². The average Bonchev–Trinajstić information content (AvgIpc) is 3.16. The Balaban J connectivity index is 1.58. The molecule has 5 heteroatoms. The zero-order chi connectivity index (χ0) is 21.1. The molecule has 4 nitrogen and oxygen atoms in total. The number of hydrogen-bond acceptors (Lipinski definition) is 4. The lowest BCUT2D eigenvalue weighted by atomic mass is 9.85. The van der Waals surface area contributed by atoms with Crippen LogP contribution in [0.15, 0.2) is 54.6 Å². The van der Waals surface area contributed by atoms with Gasteiger partial charge in [0.25, 0.3) is 5.91 Å². The van der Waals surface area contributed by atoms with Crippen LogP contribution in [0.4, 0.5) is 5.00 Å². The molecule has 0 radical (unpaired) electrons. The van der Waals surface area contributed by atoms with E-state index in [1.165, 1.54) is 23.3 Å². The number of nitrogens with one attached hydrogen (secondary N) is 1. The van der Waals surface area contributed by atoms with E-state index in [-0.39, 0.29) is 11.9 Å². The SMILES string of the molecule is CC[C@H]1CCc2c(sc(NC(=O)c3ccc(-c4ccccc4)cc3)c2C(=O)OC)C1. The molecule has 4 rings (SSSR count). The normalized spacial score (nSPS) is 15.3. The molecular formula is C25H25NO3S. The van der Waals surface area contributed by atoms with E-state index in [1.54, 1.807) is 0 Å². The first-order chi connectivity index (χ1) is 14.6. The Kier molecular flexibility index (Phi) is 6.00. The Hall–Kier alpha value is -2.92. The number of amides is 1. The monoisotopic (exact) mass is 419 g/mol. The number of carbonyl (C=O) groups is 2. The van der Waals surface area contributed by atoms with Crippen LogP contribution in [0.5, 0.6) is 0 Å². The van der Waals surface area contributed by atoms with E-state index in [4.69, 9.17) is 4.74 Å². The number of fused-ring (bicyclic) bond motifs is 1. The maximum absolute atomic E-state index is 12.9. The van der Waals surface area contributed by atoms with Gasteiger partial charge in [0.05, 0.1) is 12.7 Å². The Bertz CT molecular complexity index is 1050. The summed E-state index contributed by atoms with van der Waals surface area (Å²) in [5.74, 6) is 0.0401. The lowest BCUT2D eigenvalue weighted by Crippen LogP contribution is -2.16. The molecule has 3 aromatic rings. The first-order valence-electron chi connectivity index (χ1n) is 10.3. The van der Waals surface area contributed by atoms with Crippen molar-refractivity contribution in [1.82, 2.24) is 0 Å². The van der Waals surface area contributed by atoms with Gasteiger partial charge in [-0.3, -0.25) is 4.79 Å². The van der Waals surface area contributed by atoms with Gasteiger partial charge in [0.2, 0.25) is 0 Å². The van der Waals surface area contributed by atoms with E-state index < -0.39 is 0 Å². The molecule has 0 spiro atoms. The van der Waals surface area contributed by atoms with Crippen molar-refractivity contribution in [3.05, 3.63) is 76.2 Å². The van der Waals surface area contributed by atoms with E-state index in [0.29, 0.717) is 22.0 Å². The first kappa shape index (κ1) is 20.4. The van der Waals surface area contributed by atoms with Crippen LogP contribution in [0.25, 0.3) is 11.1 Å². The number of anilines is 1. The number of esters is 1. The van der Waals surface area contributed by atoms with Gasteiger partial charge in [0.1, 0.15) is 5.00 Å². The lowest BCUT2D eigenvalue weighted by Gasteiger charge is -2.20. The smallest absolute Gasteiger partial charge is 0.341 e. The summed E-state index contributed by atoms with van der Waals surface area (Å²) < 4.78 is 5.02. The summed E-state index contributed by atoms with van der Waals surface area (Å²) in [4.78, 5) is 26.6. The molecule has 2 aromatic carbocycles. The Labute approximate surface area is 180 Å². The van der Waals surface area contributed by atoms with E-state index in [9.17, 15) is 9.59 Å². The number of hydrogen-bond donors (Lipinski definition) is 1. The minimum Gasteiger partial charge on any atom is -0.465 e. The summed E-state index contributed by atoms with van der Waals surface area (Å²) in [6.45, 7) is 2.20. The van der Waals surface area contributed by atoms with Gasteiger partial charge in [-0.25, -0.2) is 4.79 Å². The number of ether oxygens (including phenoxy) is 1. The molecule has 1 N–H and O–H groups in total. The quantitative estimate of drug-likeness (QED) is 0.519. The molecule has 1 heterocycles. The molecule has 0 aliphatic heterocycles. The van der Waals surface area contributed by atoms with Crippen molar-refractivity contribution < 1.29 is 14.3 Å². The largest absolute Gasteiger partial charge is 0.465 e. The maximum Gasteiger partial charge on any atom is 0.341 e. The Morgan fingerprint density at radius 3 is 2.43 bits per heavy atom. The maximum atomic E-state index is 12.9. The van der Waals surface area contributed by atoms with Gasteiger partial charge in [-0.05, 0) is 54.0 Å². The van der Waals surface area contributed by atoms with Crippen molar-refractivity contribution in [2.45, 2.75) is 32.6 Å². The molecule has 1 aliphatic carbocycles. The van der Waals surface area contributed by atoms with Crippen LogP contribution in [0, 0.1) is 5.92 Å². The third kappa shape index (κ3) is 4.03. The standard InChI is InChI=1S/C25H25NO3S/c1-3-16-9-14-20-21(15-16)30-24(22(20)25(28)29-2)26-23(27)19-12-10-18(11-13-19)17-7-5-4-6-8-17/h4-8,10-13,16H,3,9,14-15H2,1-2H3,(H,26,27)/t16-/m0/s1. The number of methoxy groups -OCH3 is 1. The van der Waals surface area contributed by atoms with Crippen LogP contribution < -0.4 is 5.32 Å². The third-order valence-corrected chi connectivity index (χ3v) is 6.99. The minimum atomic E-state index is -0.378. The van der Waals surface area contributed by atoms with Crippen LogP contribution in [0.3, 0.4) is 0 Å². The number of carbonyl (C=O) groups excluding carboxylic acids is 2. The highest BCUT2D eigenvalue weighted by Crippen LogP contribution is 2.41. The van der Waals surface area contributed by atoms with Gasteiger partial charge in [0.15, 0.2) is 0 Å². The van der Waals surface area contributed by atoms with E-state index in [1.807, 2.05) is 54.6 Å².